The number of nitrogens with zero attached hydrogens (tertiary/aromatic N) is 1. The van der Waals surface area contributed by atoms with Crippen molar-refractivity contribution in [3.8, 4) is 0 Å². The van der Waals surface area contributed by atoms with Crippen LogP contribution >= 0.6 is 11.8 Å². The van der Waals surface area contributed by atoms with Crippen LogP contribution in [0.15, 0.2) is 24.3 Å². The molecule has 0 saturated carbocycles. The summed E-state index contributed by atoms with van der Waals surface area (Å²) in [5.41, 5.74) is 1.46. The van der Waals surface area contributed by atoms with E-state index in [2.05, 4.69) is 18.7 Å². The normalized spacial score (nSPS) is 23.6. The van der Waals surface area contributed by atoms with Gasteiger partial charge in [0.05, 0.1) is 0 Å². The van der Waals surface area contributed by atoms with Crippen LogP contribution in [0, 0.1) is 5.82 Å². The Kier molecular flexibility index (Phi) is 5.42. The summed E-state index contributed by atoms with van der Waals surface area (Å²) in [6.07, 6.45) is 2.45. The molecule has 5 heteroatoms. The lowest BCUT2D eigenvalue weighted by Crippen LogP contribution is -2.43. The molecule has 1 aromatic carbocycles. The second-order valence-electron chi connectivity index (χ2n) is 5.35. The van der Waals surface area contributed by atoms with Gasteiger partial charge in [0.15, 0.2) is 0 Å². The minimum absolute atomic E-state index is 0.329. The second-order valence-corrected chi connectivity index (χ2v) is 6.84. The van der Waals surface area contributed by atoms with Gasteiger partial charge in [-0.25, -0.2) is 9.18 Å². The fraction of sp³-hybridized carbons (Fsp3) is 0.438. The molecule has 2 atom stereocenters. The zero-order valence-electron chi connectivity index (χ0n) is 12.3. The van der Waals surface area contributed by atoms with Crippen LogP contribution in [0.25, 0.3) is 6.08 Å². The highest BCUT2D eigenvalue weighted by atomic mass is 32.2. The number of thioether (sulfide) groups is 1. The SMILES string of the molecule is CC1SCCN(Cc2cc(F)cc(/C=C/C(=O)O)c2)C1C. The summed E-state index contributed by atoms with van der Waals surface area (Å²) in [4.78, 5) is 12.9. The Hall–Kier alpha value is -1.33. The Morgan fingerprint density at radius 2 is 2.24 bits per heavy atom. The summed E-state index contributed by atoms with van der Waals surface area (Å²) in [6.45, 7) is 6.10. The zero-order valence-corrected chi connectivity index (χ0v) is 13.1. The van der Waals surface area contributed by atoms with Gasteiger partial charge in [-0.2, -0.15) is 11.8 Å². The molecule has 3 nitrogen and oxygen atoms in total. The topological polar surface area (TPSA) is 40.5 Å². The van der Waals surface area contributed by atoms with Gasteiger partial charge in [-0.05, 0) is 36.3 Å². The molecule has 1 aliphatic rings. The zero-order chi connectivity index (χ0) is 15.4. The number of benzene rings is 1. The van der Waals surface area contributed by atoms with Crippen LogP contribution in [0.4, 0.5) is 4.39 Å². The fourth-order valence-corrected chi connectivity index (χ4v) is 3.65. The summed E-state index contributed by atoms with van der Waals surface area (Å²) in [6, 6.07) is 5.17. The van der Waals surface area contributed by atoms with Crippen molar-refractivity contribution in [1.29, 1.82) is 0 Å². The average molecular weight is 309 g/mol. The summed E-state index contributed by atoms with van der Waals surface area (Å²) in [5, 5.41) is 9.22. The van der Waals surface area contributed by atoms with Crippen molar-refractivity contribution in [2.45, 2.75) is 31.7 Å². The van der Waals surface area contributed by atoms with E-state index in [1.54, 1.807) is 0 Å². The van der Waals surface area contributed by atoms with E-state index in [1.165, 1.54) is 18.2 Å². The molecule has 0 aromatic heterocycles. The van der Waals surface area contributed by atoms with E-state index in [9.17, 15) is 9.18 Å². The van der Waals surface area contributed by atoms with Gasteiger partial charge >= 0.3 is 5.97 Å². The number of carboxylic acid groups (broad SMARTS) is 1. The Balaban J connectivity index is 2.14. The molecule has 21 heavy (non-hydrogen) atoms. The molecule has 2 unspecified atom stereocenters. The molecule has 0 spiro atoms. The van der Waals surface area contributed by atoms with Gasteiger partial charge in [-0.3, -0.25) is 4.90 Å². The van der Waals surface area contributed by atoms with Crippen molar-refractivity contribution < 1.29 is 14.3 Å². The van der Waals surface area contributed by atoms with Crippen LogP contribution in [0.1, 0.15) is 25.0 Å². The van der Waals surface area contributed by atoms with E-state index >= 15 is 0 Å². The first-order chi connectivity index (χ1) is 9.95. The summed E-state index contributed by atoms with van der Waals surface area (Å²) < 4.78 is 13.7. The Labute approximate surface area is 128 Å². The van der Waals surface area contributed by atoms with Crippen molar-refractivity contribution >= 4 is 23.8 Å². The minimum atomic E-state index is -1.03. The van der Waals surface area contributed by atoms with E-state index in [4.69, 9.17) is 5.11 Å². The predicted molar refractivity (Wildman–Crippen MR) is 84.9 cm³/mol. The van der Waals surface area contributed by atoms with Gasteiger partial charge in [0.1, 0.15) is 5.82 Å². The maximum atomic E-state index is 13.7. The van der Waals surface area contributed by atoms with E-state index in [0.717, 1.165) is 23.9 Å². The van der Waals surface area contributed by atoms with E-state index in [-0.39, 0.29) is 5.82 Å². The molecule has 2 rings (SSSR count). The molecular formula is C16H20FNO2S. The van der Waals surface area contributed by atoms with Gasteiger partial charge in [-0.1, -0.05) is 13.0 Å². The molecule has 1 N–H and O–H groups in total. The van der Waals surface area contributed by atoms with E-state index < -0.39 is 5.97 Å². The van der Waals surface area contributed by atoms with Crippen LogP contribution in [-0.2, 0) is 11.3 Å². The third kappa shape index (κ3) is 4.58. The maximum Gasteiger partial charge on any atom is 0.328 e. The van der Waals surface area contributed by atoms with Gasteiger partial charge < -0.3 is 5.11 Å². The highest BCUT2D eigenvalue weighted by Crippen LogP contribution is 2.26. The van der Waals surface area contributed by atoms with Gasteiger partial charge in [-0.15, -0.1) is 0 Å². The molecule has 1 fully saturated rings. The highest BCUT2D eigenvalue weighted by molar-refractivity contribution is 8.00. The van der Waals surface area contributed by atoms with E-state index in [1.807, 2.05) is 17.8 Å². The minimum Gasteiger partial charge on any atom is -0.478 e. The number of aliphatic carboxylic acids is 1. The quantitative estimate of drug-likeness (QED) is 0.867. The lowest BCUT2D eigenvalue weighted by molar-refractivity contribution is -0.131. The van der Waals surface area contributed by atoms with Crippen LogP contribution in [-0.4, -0.2) is 39.6 Å². The van der Waals surface area contributed by atoms with Crippen LogP contribution in [0.5, 0.6) is 0 Å². The molecule has 0 bridgehead atoms. The van der Waals surface area contributed by atoms with Crippen molar-refractivity contribution in [3.63, 3.8) is 0 Å². The molecule has 1 saturated heterocycles. The summed E-state index contributed by atoms with van der Waals surface area (Å²) in [5.74, 6) is -0.270. The lowest BCUT2D eigenvalue weighted by Gasteiger charge is -2.37. The maximum absolute atomic E-state index is 13.7. The number of halogens is 1. The average Bonchev–Trinajstić information content (AvgIpc) is 2.41. The van der Waals surface area contributed by atoms with Crippen molar-refractivity contribution in [1.82, 2.24) is 4.90 Å². The standard InChI is InChI=1S/C16H20FNO2S/c1-11-12(2)21-6-5-18(11)10-14-7-13(3-4-16(19)20)8-15(17)9-14/h3-4,7-9,11-12H,5-6,10H2,1-2H3,(H,19,20)/b4-3+. The molecule has 0 amide bonds. The van der Waals surface area contributed by atoms with Crippen LogP contribution in [0.3, 0.4) is 0 Å². The third-order valence-electron chi connectivity index (χ3n) is 3.80. The largest absolute Gasteiger partial charge is 0.478 e. The Morgan fingerprint density at radius 3 is 2.95 bits per heavy atom. The molecule has 1 heterocycles. The van der Waals surface area contributed by atoms with Gasteiger partial charge in [0.2, 0.25) is 0 Å². The molecule has 1 aliphatic heterocycles. The first-order valence-electron chi connectivity index (χ1n) is 7.02. The molecule has 114 valence electrons. The van der Waals surface area contributed by atoms with Gasteiger partial charge in [0, 0.05) is 36.2 Å². The fourth-order valence-electron chi connectivity index (χ4n) is 2.48. The second kappa shape index (κ2) is 7.09. The smallest absolute Gasteiger partial charge is 0.328 e. The lowest BCUT2D eigenvalue weighted by atomic mass is 10.1. The Morgan fingerprint density at radius 1 is 1.48 bits per heavy atom. The Bertz CT molecular complexity index is 547. The number of carboxylic acids is 1. The number of rotatable bonds is 4. The molecule has 1 aromatic rings. The highest BCUT2D eigenvalue weighted by Gasteiger charge is 2.25. The summed E-state index contributed by atoms with van der Waals surface area (Å²) >= 11 is 1.97. The van der Waals surface area contributed by atoms with Crippen molar-refractivity contribution in [3.05, 3.63) is 41.2 Å². The number of carbonyl (C=O) groups is 1. The van der Waals surface area contributed by atoms with Crippen molar-refractivity contribution in [2.75, 3.05) is 12.3 Å². The van der Waals surface area contributed by atoms with Crippen LogP contribution in [0.2, 0.25) is 0 Å². The van der Waals surface area contributed by atoms with Crippen molar-refractivity contribution in [2.24, 2.45) is 0 Å². The monoisotopic (exact) mass is 309 g/mol. The molecule has 0 radical (unpaired) electrons. The first kappa shape index (κ1) is 16.0. The van der Waals surface area contributed by atoms with Gasteiger partial charge in [0.25, 0.3) is 0 Å². The van der Waals surface area contributed by atoms with E-state index in [0.29, 0.717) is 23.4 Å². The summed E-state index contributed by atoms with van der Waals surface area (Å²) in [7, 11) is 0. The number of hydrogen-bond acceptors (Lipinski definition) is 3. The first-order valence-corrected chi connectivity index (χ1v) is 8.06. The van der Waals surface area contributed by atoms with Crippen LogP contribution < -0.4 is 0 Å². The predicted octanol–water partition coefficient (Wildman–Crippen LogP) is 3.25. The molecular weight excluding hydrogens is 289 g/mol. The third-order valence-corrected chi connectivity index (χ3v) is 5.14. The molecule has 0 aliphatic carbocycles. The number of hydrogen-bond donors (Lipinski definition) is 1.